The van der Waals surface area contributed by atoms with E-state index >= 15 is 0 Å². The van der Waals surface area contributed by atoms with Crippen LogP contribution in [-0.4, -0.2) is 55.6 Å². The number of imidazole rings is 1. The van der Waals surface area contributed by atoms with Crippen LogP contribution in [0.4, 0.5) is 14.5 Å². The highest BCUT2D eigenvalue weighted by atomic mass is 32.2. The average Bonchev–Trinajstić information content (AvgIpc) is 3.16. The lowest BCUT2D eigenvalue weighted by atomic mass is 9.97. The monoisotopic (exact) mass is 456 g/mol. The summed E-state index contributed by atoms with van der Waals surface area (Å²) in [7, 11) is -2.54. The predicted octanol–water partition coefficient (Wildman–Crippen LogP) is 3.41. The van der Waals surface area contributed by atoms with Crippen LogP contribution in [0.5, 0.6) is 0 Å². The number of nitrogens with one attached hydrogen (secondary N) is 1. The largest absolute Gasteiger partial charge is 0.381 e. The third-order valence-corrected chi connectivity index (χ3v) is 7.55. The topological polar surface area (TPSA) is 76.5 Å². The molecule has 1 fully saturated rings. The molecular weight excluding hydrogens is 426 g/mol. The summed E-state index contributed by atoms with van der Waals surface area (Å²) in [6.07, 6.45) is 6.57. The van der Waals surface area contributed by atoms with Crippen molar-refractivity contribution in [2.45, 2.75) is 44.0 Å². The Morgan fingerprint density at radius 2 is 1.94 bits per heavy atom. The molecule has 0 atom stereocenters. The maximum atomic E-state index is 14.5. The normalized spacial score (nSPS) is 15.5. The Balaban J connectivity index is 1.59. The van der Waals surface area contributed by atoms with E-state index in [1.165, 1.54) is 7.05 Å². The lowest BCUT2D eigenvalue weighted by molar-refractivity contribution is 0.0628. The molecule has 31 heavy (non-hydrogen) atoms. The first kappa shape index (κ1) is 23.6. The minimum Gasteiger partial charge on any atom is -0.381 e. The van der Waals surface area contributed by atoms with Gasteiger partial charge in [-0.3, -0.25) is 0 Å². The van der Waals surface area contributed by atoms with Crippen LogP contribution in [0, 0.1) is 24.5 Å². The third-order valence-electron chi connectivity index (χ3n) is 5.71. The van der Waals surface area contributed by atoms with Crippen molar-refractivity contribution in [2.24, 2.45) is 5.92 Å². The molecule has 7 nitrogen and oxygen atoms in total. The molecule has 1 N–H and O–H groups in total. The minimum atomic E-state index is -3.98. The van der Waals surface area contributed by atoms with E-state index in [0.717, 1.165) is 35.0 Å². The lowest BCUT2D eigenvalue weighted by Crippen LogP contribution is -2.30. The Labute approximate surface area is 182 Å². The smallest absolute Gasteiger partial charge is 0.243 e. The summed E-state index contributed by atoms with van der Waals surface area (Å²) in [6.45, 7) is 4.60. The number of nitrogens with zero attached hydrogens (tertiary/aromatic N) is 3. The van der Waals surface area contributed by atoms with Crippen LogP contribution in [-0.2, 0) is 21.3 Å². The molecule has 0 spiro atoms. The Morgan fingerprint density at radius 1 is 1.26 bits per heavy atom. The SMILES string of the molecule is Cc1cncn1CCCNc1c(F)cc(S(=O)(=O)N(C)CCC2CCOCC2)cc1F. The fraction of sp³-hybridized carbons (Fsp3) is 0.571. The maximum absolute atomic E-state index is 14.5. The van der Waals surface area contributed by atoms with Gasteiger partial charge < -0.3 is 14.6 Å². The third kappa shape index (κ3) is 6.02. The Kier molecular flexibility index (Phi) is 8.01. The minimum absolute atomic E-state index is 0.296. The van der Waals surface area contributed by atoms with Crippen molar-refractivity contribution in [1.29, 1.82) is 0 Å². The number of hydrogen-bond acceptors (Lipinski definition) is 5. The first-order chi connectivity index (χ1) is 14.8. The summed E-state index contributed by atoms with van der Waals surface area (Å²) in [4.78, 5) is 3.65. The summed E-state index contributed by atoms with van der Waals surface area (Å²) >= 11 is 0. The zero-order chi connectivity index (χ0) is 22.4. The standard InChI is InChI=1S/C21H30F2N4O3S/c1-16-14-24-15-27(16)8-3-7-25-21-19(22)12-18(13-20(21)23)31(28,29)26(2)9-4-17-5-10-30-11-6-17/h12-15,17,25H,3-11H2,1-2H3. The van der Waals surface area contributed by atoms with E-state index in [9.17, 15) is 17.2 Å². The van der Waals surface area contributed by atoms with Gasteiger partial charge in [0, 0.05) is 51.8 Å². The molecule has 2 heterocycles. The molecule has 172 valence electrons. The number of anilines is 1. The molecule has 1 aliphatic rings. The average molecular weight is 457 g/mol. The number of halogens is 2. The van der Waals surface area contributed by atoms with Gasteiger partial charge in [0.2, 0.25) is 10.0 Å². The first-order valence-electron chi connectivity index (χ1n) is 10.5. The summed E-state index contributed by atoms with van der Waals surface area (Å²) in [5.41, 5.74) is 0.694. The fourth-order valence-corrected chi connectivity index (χ4v) is 4.86. The van der Waals surface area contributed by atoms with Crippen LogP contribution in [0.3, 0.4) is 0 Å². The van der Waals surface area contributed by atoms with Gasteiger partial charge in [-0.15, -0.1) is 0 Å². The van der Waals surface area contributed by atoms with Gasteiger partial charge in [-0.05, 0) is 50.7 Å². The highest BCUT2D eigenvalue weighted by molar-refractivity contribution is 7.89. The molecule has 2 aromatic rings. The molecule has 0 aliphatic carbocycles. The zero-order valence-electron chi connectivity index (χ0n) is 18.0. The Hall–Kier alpha value is -2.04. The molecule has 0 radical (unpaired) electrons. The molecule has 1 aromatic heterocycles. The molecule has 1 saturated heterocycles. The van der Waals surface area contributed by atoms with Crippen molar-refractivity contribution in [3.05, 3.63) is 42.0 Å². The Morgan fingerprint density at radius 3 is 2.55 bits per heavy atom. The van der Waals surface area contributed by atoms with Gasteiger partial charge in [0.25, 0.3) is 0 Å². The zero-order valence-corrected chi connectivity index (χ0v) is 18.8. The van der Waals surface area contributed by atoms with E-state index in [1.54, 1.807) is 12.5 Å². The van der Waals surface area contributed by atoms with E-state index in [0.29, 0.717) is 51.6 Å². The number of hydrogen-bond donors (Lipinski definition) is 1. The molecule has 0 bridgehead atoms. The Bertz CT molecular complexity index is 952. The molecule has 10 heteroatoms. The number of sulfonamides is 1. The van der Waals surface area contributed by atoms with E-state index in [1.807, 2.05) is 11.5 Å². The van der Waals surface area contributed by atoms with Crippen molar-refractivity contribution in [3.63, 3.8) is 0 Å². The van der Waals surface area contributed by atoms with Crippen LogP contribution in [0.25, 0.3) is 0 Å². The molecule has 0 unspecified atom stereocenters. The number of ether oxygens (including phenoxy) is 1. The highest BCUT2D eigenvalue weighted by Crippen LogP contribution is 2.26. The number of benzene rings is 1. The van der Waals surface area contributed by atoms with Crippen LogP contribution in [0.1, 0.15) is 31.4 Å². The summed E-state index contributed by atoms with van der Waals surface area (Å²) < 4.78 is 63.1. The maximum Gasteiger partial charge on any atom is 0.243 e. The predicted molar refractivity (Wildman–Crippen MR) is 114 cm³/mol. The van der Waals surface area contributed by atoms with Gasteiger partial charge in [-0.1, -0.05) is 0 Å². The molecule has 1 aliphatic heterocycles. The molecule has 3 rings (SSSR count). The molecule has 0 saturated carbocycles. The summed E-state index contributed by atoms with van der Waals surface area (Å²) in [6, 6.07) is 1.76. The number of aryl methyl sites for hydroxylation is 2. The van der Waals surface area contributed by atoms with Crippen LogP contribution < -0.4 is 5.32 Å². The van der Waals surface area contributed by atoms with Gasteiger partial charge >= 0.3 is 0 Å². The van der Waals surface area contributed by atoms with Gasteiger partial charge in [0.15, 0.2) is 11.6 Å². The van der Waals surface area contributed by atoms with Gasteiger partial charge in [-0.25, -0.2) is 26.5 Å². The fourth-order valence-electron chi connectivity index (χ4n) is 3.65. The van der Waals surface area contributed by atoms with Crippen molar-refractivity contribution in [2.75, 3.05) is 38.7 Å². The van der Waals surface area contributed by atoms with Crippen molar-refractivity contribution >= 4 is 15.7 Å². The molecule has 0 amide bonds. The van der Waals surface area contributed by atoms with Crippen molar-refractivity contribution < 1.29 is 21.9 Å². The molecular formula is C21H30F2N4O3S. The second-order valence-electron chi connectivity index (χ2n) is 7.94. The van der Waals surface area contributed by atoms with Gasteiger partial charge in [0.05, 0.1) is 11.2 Å². The highest BCUT2D eigenvalue weighted by Gasteiger charge is 2.25. The van der Waals surface area contributed by atoms with Crippen molar-refractivity contribution in [3.8, 4) is 0 Å². The summed E-state index contributed by atoms with van der Waals surface area (Å²) in [5.74, 6) is -1.44. The second kappa shape index (κ2) is 10.5. The van der Waals surface area contributed by atoms with Crippen LogP contribution >= 0.6 is 0 Å². The van der Waals surface area contributed by atoms with E-state index in [2.05, 4.69) is 10.3 Å². The second-order valence-corrected chi connectivity index (χ2v) is 9.99. The van der Waals surface area contributed by atoms with E-state index < -0.39 is 21.7 Å². The van der Waals surface area contributed by atoms with Gasteiger partial charge in [-0.2, -0.15) is 0 Å². The summed E-state index contributed by atoms with van der Waals surface area (Å²) in [5, 5.41) is 2.74. The quantitative estimate of drug-likeness (QED) is 0.555. The molecule has 1 aromatic carbocycles. The number of rotatable bonds is 10. The number of aromatic nitrogens is 2. The van der Waals surface area contributed by atoms with E-state index in [4.69, 9.17) is 4.74 Å². The lowest BCUT2D eigenvalue weighted by Gasteiger charge is -2.24. The van der Waals surface area contributed by atoms with E-state index in [-0.39, 0.29) is 10.6 Å². The van der Waals surface area contributed by atoms with Gasteiger partial charge in [0.1, 0.15) is 5.69 Å². The van der Waals surface area contributed by atoms with Crippen LogP contribution in [0.15, 0.2) is 29.6 Å². The van der Waals surface area contributed by atoms with Crippen LogP contribution in [0.2, 0.25) is 0 Å². The first-order valence-corrected chi connectivity index (χ1v) is 12.0. The van der Waals surface area contributed by atoms with Crippen molar-refractivity contribution in [1.82, 2.24) is 13.9 Å².